The van der Waals surface area contributed by atoms with E-state index in [0.717, 1.165) is 14.7 Å². The zero-order valence-corrected chi connectivity index (χ0v) is 18.4. The molecule has 3 aromatic rings. The fourth-order valence-corrected chi connectivity index (χ4v) is 3.34. The predicted molar refractivity (Wildman–Crippen MR) is 119 cm³/mol. The maximum absolute atomic E-state index is 12.8. The van der Waals surface area contributed by atoms with Crippen molar-refractivity contribution in [3.8, 4) is 0 Å². The van der Waals surface area contributed by atoms with E-state index in [2.05, 4.69) is 4.98 Å². The van der Waals surface area contributed by atoms with Crippen molar-refractivity contribution in [1.82, 2.24) is 14.1 Å². The number of benzene rings is 1. The van der Waals surface area contributed by atoms with E-state index in [9.17, 15) is 19.2 Å². The fraction of sp³-hybridized carbons (Fsp3) is 0.190. The average molecular weight is 477 g/mol. The third kappa shape index (κ3) is 4.74. The van der Waals surface area contributed by atoms with Gasteiger partial charge in [0.05, 0.1) is 11.6 Å². The number of hydrogen-bond acceptors (Lipinski definition) is 7. The Balaban J connectivity index is 1.94. The number of ketones is 1. The summed E-state index contributed by atoms with van der Waals surface area (Å²) in [5.41, 5.74) is 4.57. The quantitative estimate of drug-likeness (QED) is 0.315. The van der Waals surface area contributed by atoms with Crippen LogP contribution in [0.5, 0.6) is 0 Å². The molecule has 3 rings (SSSR count). The van der Waals surface area contributed by atoms with Crippen LogP contribution < -0.4 is 17.0 Å². The topological polar surface area (TPSA) is 126 Å². The molecule has 0 aliphatic heterocycles. The minimum atomic E-state index is -1.00. The maximum Gasteiger partial charge on any atom is 0.359 e. The highest BCUT2D eigenvalue weighted by Gasteiger charge is 2.24. The van der Waals surface area contributed by atoms with E-state index in [0.29, 0.717) is 0 Å². The van der Waals surface area contributed by atoms with Crippen LogP contribution in [0.4, 0.5) is 5.82 Å². The summed E-state index contributed by atoms with van der Waals surface area (Å²) in [7, 11) is 0. The Hall–Kier alpha value is -3.43. The second-order valence-corrected chi connectivity index (χ2v) is 7.42. The van der Waals surface area contributed by atoms with Crippen LogP contribution in [-0.4, -0.2) is 32.5 Å². The Morgan fingerprint density at radius 3 is 2.41 bits per heavy atom. The van der Waals surface area contributed by atoms with Gasteiger partial charge in [-0.1, -0.05) is 53.5 Å². The van der Waals surface area contributed by atoms with Crippen LogP contribution >= 0.6 is 23.2 Å². The molecular weight excluding hydrogens is 459 g/mol. The second-order valence-electron chi connectivity index (χ2n) is 6.63. The highest BCUT2D eigenvalue weighted by Crippen LogP contribution is 2.18. The Morgan fingerprint density at radius 2 is 1.75 bits per heavy atom. The van der Waals surface area contributed by atoms with E-state index in [-0.39, 0.29) is 34.8 Å². The van der Waals surface area contributed by atoms with Gasteiger partial charge in [0.15, 0.2) is 12.3 Å². The Morgan fingerprint density at radius 1 is 1.06 bits per heavy atom. The Labute approximate surface area is 192 Å². The first-order valence-corrected chi connectivity index (χ1v) is 10.2. The highest BCUT2D eigenvalue weighted by atomic mass is 35.5. The summed E-state index contributed by atoms with van der Waals surface area (Å²) in [5.74, 6) is -2.19. The number of rotatable bonds is 7. The van der Waals surface area contributed by atoms with Gasteiger partial charge in [-0.05, 0) is 24.6 Å². The van der Waals surface area contributed by atoms with Crippen LogP contribution in [0, 0.1) is 0 Å². The van der Waals surface area contributed by atoms with Crippen LogP contribution in [0.1, 0.15) is 33.3 Å². The number of hydrogen-bond donors (Lipinski definition) is 1. The molecule has 0 aliphatic carbocycles. The third-order valence-electron chi connectivity index (χ3n) is 4.59. The van der Waals surface area contributed by atoms with Crippen molar-refractivity contribution in [2.45, 2.75) is 20.0 Å². The molecule has 0 spiro atoms. The molecule has 2 aromatic heterocycles. The SMILES string of the molecule is CCn1c(=O)c(C(=O)COC(=O)c2nc(Cl)ccc2Cl)c(N)n(Cc2ccccc2)c1=O. The number of pyridine rings is 1. The van der Waals surface area contributed by atoms with Gasteiger partial charge in [-0.2, -0.15) is 0 Å². The largest absolute Gasteiger partial charge is 0.453 e. The van der Waals surface area contributed by atoms with E-state index in [1.807, 2.05) is 6.07 Å². The second kappa shape index (κ2) is 9.80. The number of ether oxygens (including phenoxy) is 1. The predicted octanol–water partition coefficient (Wildman–Crippen LogP) is 2.40. The van der Waals surface area contributed by atoms with Gasteiger partial charge in [0, 0.05) is 6.54 Å². The zero-order chi connectivity index (χ0) is 23.4. The maximum atomic E-state index is 12.8. The Bertz CT molecular complexity index is 1300. The summed E-state index contributed by atoms with van der Waals surface area (Å²) in [5, 5.41) is -0.00754. The molecule has 0 amide bonds. The van der Waals surface area contributed by atoms with Gasteiger partial charge in [0.2, 0.25) is 5.78 Å². The highest BCUT2D eigenvalue weighted by molar-refractivity contribution is 6.34. The van der Waals surface area contributed by atoms with Crippen LogP contribution in [-0.2, 0) is 17.8 Å². The van der Waals surface area contributed by atoms with Crippen molar-refractivity contribution in [2.24, 2.45) is 0 Å². The smallest absolute Gasteiger partial charge is 0.359 e. The zero-order valence-electron chi connectivity index (χ0n) is 16.9. The molecule has 1 aromatic carbocycles. The van der Waals surface area contributed by atoms with Crippen molar-refractivity contribution in [2.75, 3.05) is 12.3 Å². The lowest BCUT2D eigenvalue weighted by molar-refractivity contribution is 0.0468. The number of nitrogens with zero attached hydrogens (tertiary/aromatic N) is 3. The number of halogens is 2. The van der Waals surface area contributed by atoms with Crippen molar-refractivity contribution >= 4 is 40.8 Å². The molecule has 0 unspecified atom stereocenters. The molecule has 11 heteroatoms. The van der Waals surface area contributed by atoms with Crippen LogP contribution in [0.15, 0.2) is 52.1 Å². The lowest BCUT2D eigenvalue weighted by Gasteiger charge is -2.16. The number of Topliss-reactive ketones (excluding diaryl/α,β-unsaturated/α-hetero) is 1. The number of aromatic nitrogens is 3. The molecule has 0 fully saturated rings. The average Bonchev–Trinajstić information content (AvgIpc) is 2.77. The van der Waals surface area contributed by atoms with E-state index in [1.165, 1.54) is 12.1 Å². The number of nitrogens with two attached hydrogens (primary N) is 1. The van der Waals surface area contributed by atoms with Crippen molar-refractivity contribution in [3.63, 3.8) is 0 Å². The molecule has 2 N–H and O–H groups in total. The standard InChI is InChI=1S/C21H18Cl2N4O5/c1-2-26-19(29)16(18(24)27(21(26)31)10-12-6-4-3-5-7-12)14(28)11-32-20(30)17-13(22)8-9-15(23)25-17/h3-9H,2,10-11,24H2,1H3. The number of carbonyl (C=O) groups is 2. The molecule has 9 nitrogen and oxygen atoms in total. The molecule has 0 saturated heterocycles. The van der Waals surface area contributed by atoms with E-state index < -0.39 is 35.2 Å². The minimum absolute atomic E-state index is 0.00995. The first-order chi connectivity index (χ1) is 15.2. The van der Waals surface area contributed by atoms with Crippen LogP contribution in [0.25, 0.3) is 0 Å². The van der Waals surface area contributed by atoms with E-state index in [4.69, 9.17) is 33.7 Å². The summed E-state index contributed by atoms with van der Waals surface area (Å²) in [6.45, 7) is 0.853. The number of carbonyl (C=O) groups excluding carboxylic acids is 2. The van der Waals surface area contributed by atoms with Gasteiger partial charge in [-0.15, -0.1) is 0 Å². The fourth-order valence-electron chi connectivity index (χ4n) is 3.01. The van der Waals surface area contributed by atoms with Crippen molar-refractivity contribution < 1.29 is 14.3 Å². The summed E-state index contributed by atoms with van der Waals surface area (Å²) < 4.78 is 6.99. The van der Waals surface area contributed by atoms with Gasteiger partial charge >= 0.3 is 11.7 Å². The molecular formula is C21H18Cl2N4O5. The van der Waals surface area contributed by atoms with Gasteiger partial charge in [0.1, 0.15) is 16.5 Å². The van der Waals surface area contributed by atoms with Gasteiger partial charge in [-0.25, -0.2) is 14.6 Å². The monoisotopic (exact) mass is 476 g/mol. The number of esters is 1. The molecule has 2 heterocycles. The number of anilines is 1. The van der Waals surface area contributed by atoms with Gasteiger partial charge in [-0.3, -0.25) is 18.7 Å². The number of nitrogen functional groups attached to an aromatic ring is 1. The minimum Gasteiger partial charge on any atom is -0.453 e. The van der Waals surface area contributed by atoms with Crippen molar-refractivity contribution in [1.29, 1.82) is 0 Å². The molecule has 166 valence electrons. The third-order valence-corrected chi connectivity index (χ3v) is 5.10. The normalized spacial score (nSPS) is 10.7. The van der Waals surface area contributed by atoms with E-state index in [1.54, 1.807) is 31.2 Å². The van der Waals surface area contributed by atoms with Crippen molar-refractivity contribution in [3.05, 3.63) is 90.3 Å². The molecule has 0 aliphatic rings. The summed E-state index contributed by atoms with van der Waals surface area (Å²) in [4.78, 5) is 54.3. The van der Waals surface area contributed by atoms with Crippen LogP contribution in [0.3, 0.4) is 0 Å². The summed E-state index contributed by atoms with van der Waals surface area (Å²) in [6.07, 6.45) is 0. The van der Waals surface area contributed by atoms with Gasteiger partial charge < -0.3 is 10.5 Å². The molecule has 0 atom stereocenters. The lowest BCUT2D eigenvalue weighted by Crippen LogP contribution is -2.44. The molecule has 32 heavy (non-hydrogen) atoms. The van der Waals surface area contributed by atoms with Gasteiger partial charge in [0.25, 0.3) is 5.56 Å². The first-order valence-electron chi connectivity index (χ1n) is 9.44. The van der Waals surface area contributed by atoms with E-state index >= 15 is 0 Å². The Kier molecular flexibility index (Phi) is 7.12. The summed E-state index contributed by atoms with van der Waals surface area (Å²) >= 11 is 11.7. The first kappa shape index (κ1) is 23.2. The lowest BCUT2D eigenvalue weighted by atomic mass is 10.2. The van der Waals surface area contributed by atoms with Crippen LogP contribution in [0.2, 0.25) is 10.2 Å². The molecule has 0 bridgehead atoms. The summed E-state index contributed by atoms with van der Waals surface area (Å²) in [6, 6.07) is 11.7. The molecule has 0 saturated carbocycles. The molecule has 0 radical (unpaired) electrons.